The predicted molar refractivity (Wildman–Crippen MR) is 227 cm³/mol. The molecule has 0 aromatic heterocycles. The summed E-state index contributed by atoms with van der Waals surface area (Å²) in [7, 11) is 4.24. The number of hydrogen-bond acceptors (Lipinski definition) is 0. The molecule has 0 spiro atoms. The van der Waals surface area contributed by atoms with Crippen LogP contribution in [-0.2, 0) is 51.4 Å². The van der Waals surface area contributed by atoms with Crippen molar-refractivity contribution in [3.63, 3.8) is 0 Å². The van der Waals surface area contributed by atoms with E-state index in [0.29, 0.717) is 0 Å². The van der Waals surface area contributed by atoms with Crippen LogP contribution in [0.5, 0.6) is 0 Å². The van der Waals surface area contributed by atoms with Crippen molar-refractivity contribution in [3.8, 4) is 0 Å². The summed E-state index contributed by atoms with van der Waals surface area (Å²) in [5, 5.41) is 0. The molecule has 0 amide bonds. The smallest absolute Gasteiger partial charge is 0.307 e. The van der Waals surface area contributed by atoms with Gasteiger partial charge in [0.15, 0.2) is 0 Å². The van der Waals surface area contributed by atoms with Crippen LogP contribution in [0, 0.1) is 0 Å². The molecule has 1 N–H and O–H groups in total. The Labute approximate surface area is 406 Å². The van der Waals surface area contributed by atoms with E-state index in [9.17, 15) is 105 Å². The normalized spacial score (nSPS) is 13.6. The molecule has 74 heavy (non-hydrogen) atoms. The predicted octanol–water partition coefficient (Wildman–Crippen LogP) is 12.4. The standard InChI is InChI=1S/C40H28BF24.C8H11N/c42-33(43,44)13-21-1-22(14-34(45,46)47)6-29(5-21)41(30-7-23(15-35(48,49)50)2-24(8-30)16-36(51,52)53,31-9-25(17-37(54,55)56)3-26(10-31)18-38(57,58)59)32-11-27(19-39(60,61)62)4-28(12-32)20-40(63,64)65;1-9(2)8-6-4-3-5-7-8/h1-12H,13-20H2;3-7H,1-2H3/q-1;/p+1. The zero-order chi connectivity index (χ0) is 56.3. The zero-order valence-electron chi connectivity index (χ0n) is 38.1. The molecule has 5 aromatic rings. The molecule has 0 bridgehead atoms. The van der Waals surface area contributed by atoms with E-state index in [2.05, 4.69) is 38.4 Å². The Hall–Kier alpha value is -5.56. The van der Waals surface area contributed by atoms with E-state index >= 15 is 0 Å². The maximum absolute atomic E-state index is 14.0. The van der Waals surface area contributed by atoms with Crippen molar-refractivity contribution in [3.05, 3.63) is 148 Å². The molecule has 0 saturated heterocycles. The van der Waals surface area contributed by atoms with Gasteiger partial charge in [-0.3, -0.25) is 0 Å². The Bertz CT molecular complexity index is 2190. The van der Waals surface area contributed by atoms with E-state index in [4.69, 9.17) is 0 Å². The average Bonchev–Trinajstić information content (AvgIpc) is 3.13. The molecule has 0 radical (unpaired) electrons. The van der Waals surface area contributed by atoms with Crippen LogP contribution in [0.4, 0.5) is 111 Å². The molecule has 0 aliphatic rings. The molecule has 0 unspecified atom stereocenters. The molecule has 0 atom stereocenters. The molecule has 0 aliphatic heterocycles. The number of hydrogen-bond donors (Lipinski definition) is 1. The lowest BCUT2D eigenvalue weighted by atomic mass is 9.12. The van der Waals surface area contributed by atoms with Crippen molar-refractivity contribution >= 4 is 33.7 Å². The average molecular weight is 1100 g/mol. The van der Waals surface area contributed by atoms with Gasteiger partial charge in [-0.05, 0) is 56.6 Å². The van der Waals surface area contributed by atoms with E-state index in [1.165, 1.54) is 10.6 Å². The summed E-state index contributed by atoms with van der Waals surface area (Å²) in [5.41, 5.74) is -13.5. The van der Waals surface area contributed by atoms with Gasteiger partial charge in [0.2, 0.25) is 0 Å². The summed E-state index contributed by atoms with van der Waals surface area (Å²) in [4.78, 5) is 1.37. The first-order valence-electron chi connectivity index (χ1n) is 21.4. The number of nitrogens with one attached hydrogen (secondary N) is 1. The highest BCUT2D eigenvalue weighted by Gasteiger charge is 2.41. The Balaban J connectivity index is 0.00000118. The minimum absolute atomic E-state index is 0.241. The number of benzene rings is 5. The molecule has 0 heterocycles. The first-order chi connectivity index (χ1) is 33.4. The van der Waals surface area contributed by atoms with Gasteiger partial charge in [0.05, 0.1) is 65.5 Å². The largest absolute Gasteiger partial charge is 0.393 e. The van der Waals surface area contributed by atoms with Gasteiger partial charge < -0.3 is 4.90 Å². The molecule has 1 nitrogen and oxygen atoms in total. The first-order valence-corrected chi connectivity index (χ1v) is 21.4. The van der Waals surface area contributed by atoms with Crippen LogP contribution < -0.4 is 26.8 Å². The van der Waals surface area contributed by atoms with Crippen molar-refractivity contribution < 1.29 is 110 Å². The first kappa shape index (κ1) is 61.0. The molecule has 0 saturated carbocycles. The number of rotatable bonds is 13. The van der Waals surface area contributed by atoms with Gasteiger partial charge in [-0.15, -0.1) is 0 Å². The lowest BCUT2D eigenvalue weighted by molar-refractivity contribution is -0.786. The minimum Gasteiger partial charge on any atom is -0.307 e. The summed E-state index contributed by atoms with van der Waals surface area (Å²) >= 11 is 0. The van der Waals surface area contributed by atoms with Gasteiger partial charge in [-0.1, -0.05) is 91.0 Å². The fraction of sp³-hybridized carbons (Fsp3) is 0.375. The van der Waals surface area contributed by atoms with Crippen LogP contribution in [0.2, 0.25) is 0 Å². The lowest BCUT2D eigenvalue weighted by Crippen LogP contribution is -3.00. The number of alkyl halides is 24. The highest BCUT2D eigenvalue weighted by atomic mass is 19.4. The van der Waals surface area contributed by atoms with E-state index in [1.807, 2.05) is 6.07 Å². The van der Waals surface area contributed by atoms with Crippen LogP contribution in [-0.4, -0.2) is 69.7 Å². The summed E-state index contributed by atoms with van der Waals surface area (Å²) in [6.45, 7) is 0. The van der Waals surface area contributed by atoms with E-state index in [0.717, 1.165) is 0 Å². The SMILES string of the molecule is C[NH+](C)c1ccccc1.FC(F)(F)Cc1cc(CC(F)(F)F)cc([B-](c2cc(CC(F)(F)F)cc(CC(F)(F)F)c2)(c2cc(CC(F)(F)F)cc(CC(F)(F)F)c2)c2cc(CC(F)(F)F)cc(CC(F)(F)F)c2)c1. The second-order valence-electron chi connectivity index (χ2n) is 17.9. The van der Waals surface area contributed by atoms with Gasteiger partial charge in [0, 0.05) is 0 Å². The maximum Gasteiger partial charge on any atom is 0.393 e. The Morgan fingerprint density at radius 1 is 0.270 bits per heavy atom. The summed E-state index contributed by atoms with van der Waals surface area (Å²) < 4.78 is 336. The topological polar surface area (TPSA) is 4.44 Å². The summed E-state index contributed by atoms with van der Waals surface area (Å²) in [5.74, 6) is 0. The second-order valence-corrected chi connectivity index (χ2v) is 17.9. The molecule has 5 aromatic carbocycles. The van der Waals surface area contributed by atoms with Crippen molar-refractivity contribution in [2.45, 2.75) is 101 Å². The Morgan fingerprint density at radius 2 is 0.432 bits per heavy atom. The third-order valence-corrected chi connectivity index (χ3v) is 10.9. The quantitative estimate of drug-likeness (QED) is 0.0885. The van der Waals surface area contributed by atoms with E-state index in [1.54, 1.807) is 0 Å². The van der Waals surface area contributed by atoms with Crippen LogP contribution in [0.25, 0.3) is 0 Å². The van der Waals surface area contributed by atoms with Crippen molar-refractivity contribution in [2.24, 2.45) is 0 Å². The Kier molecular flexibility index (Phi) is 18.4. The van der Waals surface area contributed by atoms with Gasteiger partial charge in [-0.2, -0.15) is 127 Å². The highest BCUT2D eigenvalue weighted by Crippen LogP contribution is 2.32. The second kappa shape index (κ2) is 22.3. The third kappa shape index (κ3) is 20.3. The van der Waals surface area contributed by atoms with Gasteiger partial charge >= 0.3 is 49.4 Å². The molecular weight excluding hydrogens is 1060 g/mol. The third-order valence-electron chi connectivity index (χ3n) is 10.9. The molecule has 0 fully saturated rings. The van der Waals surface area contributed by atoms with Crippen molar-refractivity contribution in [2.75, 3.05) is 14.1 Å². The minimum atomic E-state index is -5.39. The van der Waals surface area contributed by atoms with E-state index < -0.39 is 173 Å². The number of halogens is 24. The number of para-hydroxylation sites is 1. The highest BCUT2D eigenvalue weighted by molar-refractivity contribution is 7.20. The monoisotopic (exact) mass is 1100 g/mol. The summed E-state index contributed by atoms with van der Waals surface area (Å²) in [6, 6.07) is 13.5. The zero-order valence-corrected chi connectivity index (χ0v) is 38.1. The Morgan fingerprint density at radius 3 is 0.554 bits per heavy atom. The van der Waals surface area contributed by atoms with Crippen LogP contribution >= 0.6 is 0 Å². The van der Waals surface area contributed by atoms with Crippen molar-refractivity contribution in [1.29, 1.82) is 0 Å². The van der Waals surface area contributed by atoms with Crippen LogP contribution in [0.15, 0.2) is 103 Å². The fourth-order valence-corrected chi connectivity index (χ4v) is 8.76. The molecular formula is C48H40BF24N. The van der Waals surface area contributed by atoms with E-state index in [-0.39, 0.29) is 72.8 Å². The molecule has 408 valence electrons. The molecule has 5 rings (SSSR count). The molecule has 26 heteroatoms. The van der Waals surface area contributed by atoms with Gasteiger partial charge in [0.1, 0.15) is 11.8 Å². The van der Waals surface area contributed by atoms with Crippen LogP contribution in [0.1, 0.15) is 44.5 Å². The number of quaternary nitrogens is 1. The van der Waals surface area contributed by atoms with Gasteiger partial charge in [-0.25, -0.2) is 0 Å². The molecule has 0 aliphatic carbocycles. The van der Waals surface area contributed by atoms with Crippen LogP contribution in [0.3, 0.4) is 0 Å². The lowest BCUT2D eigenvalue weighted by Gasteiger charge is -2.46. The summed E-state index contributed by atoms with van der Waals surface area (Å²) in [6.07, 6.45) is -65.7. The van der Waals surface area contributed by atoms with Crippen molar-refractivity contribution in [1.82, 2.24) is 0 Å². The fourth-order valence-electron chi connectivity index (χ4n) is 8.76. The maximum atomic E-state index is 14.0. The van der Waals surface area contributed by atoms with Gasteiger partial charge in [0.25, 0.3) is 0 Å².